The summed E-state index contributed by atoms with van der Waals surface area (Å²) in [7, 11) is -3.74. The van der Waals surface area contributed by atoms with Crippen LogP contribution in [0.2, 0.25) is 0 Å². The van der Waals surface area contributed by atoms with E-state index in [1.807, 2.05) is 0 Å². The molecule has 2 N–H and O–H groups in total. The van der Waals surface area contributed by atoms with Gasteiger partial charge in [-0.25, -0.2) is 8.42 Å². The van der Waals surface area contributed by atoms with Crippen LogP contribution in [-0.2, 0) is 10.0 Å². The summed E-state index contributed by atoms with van der Waals surface area (Å²) in [4.78, 5) is 0.00264. The molecule has 0 aromatic rings. The van der Waals surface area contributed by atoms with Crippen LogP contribution in [0.1, 0.15) is 26.2 Å². The van der Waals surface area contributed by atoms with Crippen molar-refractivity contribution in [3.8, 4) is 0 Å². The molecule has 0 aliphatic carbocycles. The Morgan fingerprint density at radius 2 is 1.94 bits per heavy atom. The predicted molar refractivity (Wildman–Crippen MR) is 67.7 cm³/mol. The lowest BCUT2D eigenvalue weighted by Gasteiger charge is -2.21. The molecule has 0 atom stereocenters. The van der Waals surface area contributed by atoms with Crippen molar-refractivity contribution in [1.82, 2.24) is 4.31 Å². The fourth-order valence-corrected chi connectivity index (χ4v) is 3.13. The molecule has 0 fully saturated rings. The largest absolute Gasteiger partial charge is 0.392 e. The van der Waals surface area contributed by atoms with E-state index in [0.717, 1.165) is 4.31 Å². The Bertz CT molecular complexity index is 368. The number of nitrogens with two attached hydrogens (primary N) is 1. The van der Waals surface area contributed by atoms with Crippen molar-refractivity contribution < 1.29 is 21.6 Å². The van der Waals surface area contributed by atoms with Gasteiger partial charge < -0.3 is 5.73 Å². The lowest BCUT2D eigenvalue weighted by atomic mass is 10.3. The summed E-state index contributed by atoms with van der Waals surface area (Å²) in [6, 6.07) is 0. The van der Waals surface area contributed by atoms with E-state index >= 15 is 0 Å². The van der Waals surface area contributed by atoms with Crippen molar-refractivity contribution in [2.24, 2.45) is 5.73 Å². The number of thiocarbonyl (C=S) groups is 1. The number of nitrogens with zero attached hydrogens (tertiary/aromatic N) is 1. The van der Waals surface area contributed by atoms with E-state index in [-0.39, 0.29) is 18.1 Å². The summed E-state index contributed by atoms with van der Waals surface area (Å²) < 4.78 is 60.4. The van der Waals surface area contributed by atoms with Gasteiger partial charge in [-0.3, -0.25) is 0 Å². The first-order valence-corrected chi connectivity index (χ1v) is 7.43. The van der Waals surface area contributed by atoms with Gasteiger partial charge in [-0.05, 0) is 12.8 Å². The third kappa shape index (κ3) is 7.83. The maximum absolute atomic E-state index is 11.9. The van der Waals surface area contributed by atoms with E-state index in [9.17, 15) is 21.6 Å². The highest BCUT2D eigenvalue weighted by atomic mass is 32.2. The molecule has 0 amide bonds. The summed E-state index contributed by atoms with van der Waals surface area (Å²) in [5.74, 6) is -0.547. The smallest absolute Gasteiger partial charge is 0.389 e. The molecule has 0 saturated carbocycles. The Hall–Kier alpha value is -0.410. The summed E-state index contributed by atoms with van der Waals surface area (Å²) >= 11 is 4.62. The van der Waals surface area contributed by atoms with Gasteiger partial charge in [0.05, 0.1) is 17.3 Å². The summed E-state index contributed by atoms with van der Waals surface area (Å²) in [5, 5.41) is 0. The Balaban J connectivity index is 4.50. The first kappa shape index (κ1) is 17.6. The van der Waals surface area contributed by atoms with Gasteiger partial charge in [0.2, 0.25) is 10.0 Å². The first-order valence-electron chi connectivity index (χ1n) is 5.41. The van der Waals surface area contributed by atoms with Gasteiger partial charge in [-0.1, -0.05) is 19.1 Å². The Morgan fingerprint density at radius 3 is 2.33 bits per heavy atom. The third-order valence-electron chi connectivity index (χ3n) is 2.06. The van der Waals surface area contributed by atoms with Gasteiger partial charge in [-0.2, -0.15) is 17.5 Å². The monoisotopic (exact) mass is 306 g/mol. The molecule has 0 unspecified atom stereocenters. The zero-order valence-electron chi connectivity index (χ0n) is 10.0. The van der Waals surface area contributed by atoms with Gasteiger partial charge in [-0.15, -0.1) is 0 Å². The van der Waals surface area contributed by atoms with Crippen molar-refractivity contribution >= 4 is 27.2 Å². The van der Waals surface area contributed by atoms with E-state index < -0.39 is 34.8 Å². The molecule has 0 heterocycles. The van der Waals surface area contributed by atoms with E-state index in [1.54, 1.807) is 6.92 Å². The second kappa shape index (κ2) is 7.25. The lowest BCUT2D eigenvalue weighted by Crippen LogP contribution is -2.39. The third-order valence-corrected chi connectivity index (χ3v) is 4.09. The van der Waals surface area contributed by atoms with Crippen LogP contribution in [0.5, 0.6) is 0 Å². The van der Waals surface area contributed by atoms with Crippen molar-refractivity contribution in [3.63, 3.8) is 0 Å². The number of sulfonamides is 1. The van der Waals surface area contributed by atoms with Crippen LogP contribution in [-0.4, -0.2) is 42.7 Å². The fourth-order valence-electron chi connectivity index (χ4n) is 1.32. The minimum Gasteiger partial charge on any atom is -0.392 e. The van der Waals surface area contributed by atoms with E-state index in [1.165, 1.54) is 0 Å². The Labute approximate surface area is 110 Å². The number of hydrogen-bond donors (Lipinski definition) is 1. The van der Waals surface area contributed by atoms with Crippen molar-refractivity contribution in [2.45, 2.75) is 32.4 Å². The second-order valence-corrected chi connectivity index (χ2v) is 6.45. The number of rotatable bonds is 8. The number of halogens is 3. The Morgan fingerprint density at radius 1 is 1.39 bits per heavy atom. The molecule has 9 heteroatoms. The van der Waals surface area contributed by atoms with Gasteiger partial charge in [0.15, 0.2) is 0 Å². The molecule has 0 bridgehead atoms. The maximum Gasteiger partial charge on any atom is 0.389 e. The van der Waals surface area contributed by atoms with Crippen molar-refractivity contribution in [3.05, 3.63) is 0 Å². The molecule has 0 aliphatic heterocycles. The summed E-state index contributed by atoms with van der Waals surface area (Å²) in [5.41, 5.74) is 5.26. The average Bonchev–Trinajstić information content (AvgIpc) is 2.13. The molecule has 108 valence electrons. The molecule has 0 spiro atoms. The van der Waals surface area contributed by atoms with Crippen LogP contribution in [0.4, 0.5) is 13.2 Å². The molecule has 0 aliphatic rings. The van der Waals surface area contributed by atoms with Gasteiger partial charge in [0, 0.05) is 13.0 Å². The van der Waals surface area contributed by atoms with Crippen LogP contribution in [0.3, 0.4) is 0 Å². The summed E-state index contributed by atoms with van der Waals surface area (Å²) in [6.07, 6.45) is -5.36. The molecule has 0 aromatic carbocycles. The van der Waals surface area contributed by atoms with Crippen LogP contribution >= 0.6 is 12.2 Å². The highest BCUT2D eigenvalue weighted by Gasteiger charge is 2.29. The average molecular weight is 306 g/mol. The van der Waals surface area contributed by atoms with E-state index in [0.29, 0.717) is 6.42 Å². The first-order chi connectivity index (χ1) is 8.08. The van der Waals surface area contributed by atoms with Gasteiger partial charge in [0.25, 0.3) is 0 Å². The molecule has 18 heavy (non-hydrogen) atoms. The quantitative estimate of drug-likeness (QED) is 0.693. The molecule has 0 rings (SSSR count). The van der Waals surface area contributed by atoms with Gasteiger partial charge in [0.1, 0.15) is 0 Å². The molecular weight excluding hydrogens is 289 g/mol. The molecular formula is C9H17F3N2O2S2. The maximum atomic E-state index is 11.9. The molecule has 0 radical (unpaired) electrons. The van der Waals surface area contributed by atoms with E-state index in [4.69, 9.17) is 5.73 Å². The van der Waals surface area contributed by atoms with E-state index in [2.05, 4.69) is 12.2 Å². The molecule has 0 aromatic heterocycles. The highest BCUT2D eigenvalue weighted by Crippen LogP contribution is 2.22. The van der Waals surface area contributed by atoms with Gasteiger partial charge >= 0.3 is 6.18 Å². The van der Waals surface area contributed by atoms with Crippen LogP contribution in [0.15, 0.2) is 0 Å². The predicted octanol–water partition coefficient (Wildman–Crippen LogP) is 1.66. The van der Waals surface area contributed by atoms with Crippen LogP contribution in [0.25, 0.3) is 0 Å². The standard InChI is InChI=1S/C9H17F3N2O2S2/c1-2-5-14(7-8(13)17)18(15,16)6-3-4-9(10,11)12/h2-7H2,1H3,(H2,13,17). The number of alkyl halides is 3. The van der Waals surface area contributed by atoms with Crippen molar-refractivity contribution in [2.75, 3.05) is 18.8 Å². The minimum absolute atomic E-state index is 0.00264. The highest BCUT2D eigenvalue weighted by molar-refractivity contribution is 7.89. The van der Waals surface area contributed by atoms with Crippen LogP contribution in [0, 0.1) is 0 Å². The molecule has 0 saturated heterocycles. The molecule has 4 nitrogen and oxygen atoms in total. The lowest BCUT2D eigenvalue weighted by molar-refractivity contribution is -0.134. The number of hydrogen-bond acceptors (Lipinski definition) is 3. The normalized spacial score (nSPS) is 12.9. The SMILES string of the molecule is CCCN(CC(N)=S)S(=O)(=O)CCCC(F)(F)F. The van der Waals surface area contributed by atoms with Crippen molar-refractivity contribution in [1.29, 1.82) is 0 Å². The second-order valence-electron chi connectivity index (χ2n) is 3.83. The zero-order chi connectivity index (χ0) is 14.4. The Kier molecular flexibility index (Phi) is 7.08. The summed E-state index contributed by atoms with van der Waals surface area (Å²) in [6.45, 7) is 1.83. The zero-order valence-corrected chi connectivity index (χ0v) is 11.7. The topological polar surface area (TPSA) is 63.4 Å². The minimum atomic E-state index is -4.34. The van der Waals surface area contributed by atoms with Crippen LogP contribution < -0.4 is 5.73 Å². The fraction of sp³-hybridized carbons (Fsp3) is 0.889.